The Kier molecular flexibility index (Phi) is 5.22. The molecule has 2 rings (SSSR count). The lowest BCUT2D eigenvalue weighted by Gasteiger charge is -2.18. The van der Waals surface area contributed by atoms with Gasteiger partial charge in [-0.1, -0.05) is 6.07 Å². The van der Waals surface area contributed by atoms with Crippen molar-refractivity contribution in [2.75, 3.05) is 14.2 Å². The van der Waals surface area contributed by atoms with Gasteiger partial charge in [-0.2, -0.15) is 0 Å². The third-order valence-electron chi connectivity index (χ3n) is 3.20. The SMILES string of the molecule is COc1ccc(OC)c(C(C)NC(=O)Cc2cccs2)c1. The molecule has 1 heterocycles. The first-order valence-corrected chi connectivity index (χ1v) is 7.55. The van der Waals surface area contributed by atoms with Crippen LogP contribution in [0.2, 0.25) is 0 Å². The molecule has 0 fully saturated rings. The minimum absolute atomic E-state index is 0.00479. The van der Waals surface area contributed by atoms with Crippen molar-refractivity contribution in [2.45, 2.75) is 19.4 Å². The van der Waals surface area contributed by atoms with Crippen molar-refractivity contribution < 1.29 is 14.3 Å². The number of thiophene rings is 1. The van der Waals surface area contributed by atoms with Crippen molar-refractivity contribution in [1.29, 1.82) is 0 Å². The number of carbonyl (C=O) groups excluding carboxylic acids is 1. The quantitative estimate of drug-likeness (QED) is 0.891. The molecule has 0 bridgehead atoms. The van der Waals surface area contributed by atoms with Gasteiger partial charge < -0.3 is 14.8 Å². The van der Waals surface area contributed by atoms with Crippen molar-refractivity contribution in [2.24, 2.45) is 0 Å². The number of rotatable bonds is 6. The summed E-state index contributed by atoms with van der Waals surface area (Å²) in [5, 5.41) is 4.96. The van der Waals surface area contributed by atoms with E-state index < -0.39 is 0 Å². The number of amides is 1. The molecule has 0 aliphatic rings. The molecule has 4 nitrogen and oxygen atoms in total. The molecule has 0 saturated heterocycles. The van der Waals surface area contributed by atoms with E-state index >= 15 is 0 Å². The molecule has 0 aliphatic heterocycles. The summed E-state index contributed by atoms with van der Waals surface area (Å²) in [6.07, 6.45) is 0.397. The van der Waals surface area contributed by atoms with Gasteiger partial charge in [0.25, 0.3) is 0 Å². The van der Waals surface area contributed by atoms with Gasteiger partial charge in [0.2, 0.25) is 5.91 Å². The van der Waals surface area contributed by atoms with Crippen LogP contribution in [0.25, 0.3) is 0 Å². The van der Waals surface area contributed by atoms with E-state index in [1.54, 1.807) is 25.6 Å². The lowest BCUT2D eigenvalue weighted by molar-refractivity contribution is -0.121. The third kappa shape index (κ3) is 3.98. The van der Waals surface area contributed by atoms with E-state index in [4.69, 9.17) is 9.47 Å². The van der Waals surface area contributed by atoms with Gasteiger partial charge in [-0.05, 0) is 36.6 Å². The molecular formula is C16H19NO3S. The Labute approximate surface area is 128 Å². The first-order chi connectivity index (χ1) is 10.1. The highest BCUT2D eigenvalue weighted by Crippen LogP contribution is 2.29. The monoisotopic (exact) mass is 305 g/mol. The molecule has 0 radical (unpaired) electrons. The minimum atomic E-state index is -0.150. The average Bonchev–Trinajstić information content (AvgIpc) is 2.99. The zero-order chi connectivity index (χ0) is 15.2. The van der Waals surface area contributed by atoms with Crippen LogP contribution in [-0.2, 0) is 11.2 Å². The average molecular weight is 305 g/mol. The summed E-state index contributed by atoms with van der Waals surface area (Å²) in [5.74, 6) is 1.47. The van der Waals surface area contributed by atoms with Crippen molar-refractivity contribution in [3.05, 3.63) is 46.2 Å². The smallest absolute Gasteiger partial charge is 0.225 e. The first kappa shape index (κ1) is 15.4. The molecule has 1 unspecified atom stereocenters. The van der Waals surface area contributed by atoms with Gasteiger partial charge in [-0.25, -0.2) is 0 Å². The largest absolute Gasteiger partial charge is 0.497 e. The van der Waals surface area contributed by atoms with Crippen LogP contribution >= 0.6 is 11.3 Å². The number of hydrogen-bond donors (Lipinski definition) is 1. The van der Waals surface area contributed by atoms with Crippen LogP contribution in [0.4, 0.5) is 0 Å². The Bertz CT molecular complexity index is 596. The zero-order valence-corrected chi connectivity index (χ0v) is 13.2. The minimum Gasteiger partial charge on any atom is -0.497 e. The van der Waals surface area contributed by atoms with E-state index in [0.717, 1.165) is 21.9 Å². The van der Waals surface area contributed by atoms with Gasteiger partial charge in [0.1, 0.15) is 11.5 Å². The Morgan fingerprint density at radius 3 is 2.71 bits per heavy atom. The summed E-state index contributed by atoms with van der Waals surface area (Å²) in [4.78, 5) is 13.1. The fraction of sp³-hybridized carbons (Fsp3) is 0.312. The molecule has 21 heavy (non-hydrogen) atoms. The standard InChI is InChI=1S/C16H19NO3S/c1-11(17-16(18)10-13-5-4-8-21-13)14-9-12(19-2)6-7-15(14)20-3/h4-9,11H,10H2,1-3H3,(H,17,18). The van der Waals surface area contributed by atoms with Crippen molar-refractivity contribution in [3.8, 4) is 11.5 Å². The van der Waals surface area contributed by atoms with E-state index in [0.29, 0.717) is 6.42 Å². The van der Waals surface area contributed by atoms with Crippen molar-refractivity contribution in [3.63, 3.8) is 0 Å². The third-order valence-corrected chi connectivity index (χ3v) is 4.07. The fourth-order valence-corrected chi connectivity index (χ4v) is 2.82. The van der Waals surface area contributed by atoms with Crippen LogP contribution in [0.3, 0.4) is 0 Å². The van der Waals surface area contributed by atoms with E-state index in [9.17, 15) is 4.79 Å². The lowest BCUT2D eigenvalue weighted by atomic mass is 10.1. The fourth-order valence-electron chi connectivity index (χ4n) is 2.12. The van der Waals surface area contributed by atoms with Crippen molar-refractivity contribution in [1.82, 2.24) is 5.32 Å². The van der Waals surface area contributed by atoms with E-state index in [-0.39, 0.29) is 11.9 Å². The van der Waals surface area contributed by atoms with Gasteiger partial charge in [-0.15, -0.1) is 11.3 Å². The Morgan fingerprint density at radius 2 is 2.10 bits per heavy atom. The van der Waals surface area contributed by atoms with Gasteiger partial charge in [-0.3, -0.25) is 4.79 Å². The summed E-state index contributed by atoms with van der Waals surface area (Å²) in [6, 6.07) is 9.32. The summed E-state index contributed by atoms with van der Waals surface area (Å²) < 4.78 is 10.6. The van der Waals surface area contributed by atoms with E-state index in [2.05, 4.69) is 5.32 Å². The lowest BCUT2D eigenvalue weighted by Crippen LogP contribution is -2.28. The van der Waals surface area contributed by atoms with Crippen molar-refractivity contribution >= 4 is 17.2 Å². The number of ether oxygens (including phenoxy) is 2. The maximum atomic E-state index is 12.1. The van der Waals surface area contributed by atoms with Gasteiger partial charge in [0, 0.05) is 10.4 Å². The second-order valence-electron chi connectivity index (χ2n) is 4.65. The van der Waals surface area contributed by atoms with Gasteiger partial charge in [0.15, 0.2) is 0 Å². The molecule has 0 spiro atoms. The summed E-state index contributed by atoms with van der Waals surface area (Å²) in [6.45, 7) is 1.93. The Balaban J connectivity index is 2.08. The van der Waals surface area contributed by atoms with Crippen LogP contribution in [-0.4, -0.2) is 20.1 Å². The topological polar surface area (TPSA) is 47.6 Å². The molecule has 2 aromatic rings. The van der Waals surface area contributed by atoms with Gasteiger partial charge in [0.05, 0.1) is 26.7 Å². The van der Waals surface area contributed by atoms with Crippen LogP contribution in [0.15, 0.2) is 35.7 Å². The van der Waals surface area contributed by atoms with Crippen LogP contribution < -0.4 is 14.8 Å². The number of methoxy groups -OCH3 is 2. The molecule has 0 aliphatic carbocycles. The molecule has 1 amide bonds. The summed E-state index contributed by atoms with van der Waals surface area (Å²) in [5.41, 5.74) is 0.899. The molecule has 1 aromatic heterocycles. The second-order valence-corrected chi connectivity index (χ2v) is 5.69. The highest BCUT2D eigenvalue weighted by Gasteiger charge is 2.15. The maximum absolute atomic E-state index is 12.1. The van der Waals surface area contributed by atoms with Crippen LogP contribution in [0.5, 0.6) is 11.5 Å². The maximum Gasteiger partial charge on any atom is 0.225 e. The highest BCUT2D eigenvalue weighted by molar-refractivity contribution is 7.10. The predicted molar refractivity (Wildman–Crippen MR) is 84.1 cm³/mol. The molecule has 1 atom stereocenters. The van der Waals surface area contributed by atoms with E-state index in [1.165, 1.54) is 0 Å². The number of hydrogen-bond acceptors (Lipinski definition) is 4. The molecule has 112 valence electrons. The summed E-state index contributed by atoms with van der Waals surface area (Å²) in [7, 11) is 3.23. The normalized spacial score (nSPS) is 11.8. The first-order valence-electron chi connectivity index (χ1n) is 6.67. The molecule has 1 N–H and O–H groups in total. The molecule has 0 saturated carbocycles. The predicted octanol–water partition coefficient (Wildman–Crippen LogP) is 3.19. The number of carbonyl (C=O) groups is 1. The van der Waals surface area contributed by atoms with Crippen LogP contribution in [0, 0.1) is 0 Å². The van der Waals surface area contributed by atoms with E-state index in [1.807, 2.05) is 42.6 Å². The number of nitrogens with one attached hydrogen (secondary N) is 1. The number of benzene rings is 1. The molecular weight excluding hydrogens is 286 g/mol. The molecule has 5 heteroatoms. The Morgan fingerprint density at radius 1 is 1.29 bits per heavy atom. The molecule has 1 aromatic carbocycles. The second kappa shape index (κ2) is 7.13. The zero-order valence-electron chi connectivity index (χ0n) is 12.4. The van der Waals surface area contributed by atoms with Gasteiger partial charge >= 0.3 is 0 Å². The Hall–Kier alpha value is -2.01. The summed E-state index contributed by atoms with van der Waals surface area (Å²) >= 11 is 1.58. The van der Waals surface area contributed by atoms with Crippen LogP contribution in [0.1, 0.15) is 23.4 Å². The highest BCUT2D eigenvalue weighted by atomic mass is 32.1.